The van der Waals surface area contributed by atoms with E-state index in [0.717, 1.165) is 0 Å². The molecule has 0 aliphatic rings. The molecule has 0 amide bonds. The Balaban J connectivity index is 2.85. The number of benzene rings is 1. The minimum Gasteiger partial charge on any atom is -0.469 e. The smallest absolute Gasteiger partial charge is 0.308 e. The van der Waals surface area contributed by atoms with Crippen LogP contribution in [0.2, 0.25) is 5.02 Å². The molecule has 1 rings (SSSR count). The van der Waals surface area contributed by atoms with Crippen molar-refractivity contribution >= 4 is 17.6 Å². The standard InChI is InChI=1S/C11H13ClO3/c1-11(14,7-10(13)15-2)8-3-5-9(12)6-4-8/h3-6,14H,7H2,1-2H3/t11-/m0/s1. The fourth-order valence-corrected chi connectivity index (χ4v) is 1.39. The van der Waals surface area contributed by atoms with Gasteiger partial charge in [0.15, 0.2) is 0 Å². The highest BCUT2D eigenvalue weighted by molar-refractivity contribution is 6.30. The molecular weight excluding hydrogens is 216 g/mol. The fourth-order valence-electron chi connectivity index (χ4n) is 1.26. The molecular formula is C11H13ClO3. The van der Waals surface area contributed by atoms with E-state index in [9.17, 15) is 9.90 Å². The Kier molecular flexibility index (Phi) is 3.72. The van der Waals surface area contributed by atoms with Gasteiger partial charge in [0.25, 0.3) is 0 Å². The van der Waals surface area contributed by atoms with Crippen LogP contribution in [0.3, 0.4) is 0 Å². The Labute approximate surface area is 93.6 Å². The molecule has 0 radical (unpaired) electrons. The maximum absolute atomic E-state index is 11.1. The van der Waals surface area contributed by atoms with Crippen molar-refractivity contribution in [3.05, 3.63) is 34.9 Å². The van der Waals surface area contributed by atoms with Crippen molar-refractivity contribution in [3.63, 3.8) is 0 Å². The highest BCUT2D eigenvalue weighted by atomic mass is 35.5. The Morgan fingerprint density at radius 2 is 2.00 bits per heavy atom. The SMILES string of the molecule is COC(=O)C[C@](C)(O)c1ccc(Cl)cc1. The van der Waals surface area contributed by atoms with Crippen molar-refractivity contribution in [2.24, 2.45) is 0 Å². The molecule has 0 bridgehead atoms. The van der Waals surface area contributed by atoms with E-state index in [-0.39, 0.29) is 6.42 Å². The molecule has 1 atom stereocenters. The van der Waals surface area contributed by atoms with Gasteiger partial charge in [-0.1, -0.05) is 23.7 Å². The van der Waals surface area contributed by atoms with Gasteiger partial charge in [0, 0.05) is 5.02 Å². The summed E-state index contributed by atoms with van der Waals surface area (Å²) < 4.78 is 4.51. The zero-order valence-electron chi connectivity index (χ0n) is 8.66. The van der Waals surface area contributed by atoms with E-state index in [1.165, 1.54) is 7.11 Å². The number of esters is 1. The van der Waals surface area contributed by atoms with Crippen LogP contribution in [0, 0.1) is 0 Å². The predicted molar refractivity (Wildman–Crippen MR) is 57.7 cm³/mol. The van der Waals surface area contributed by atoms with Crippen LogP contribution in [-0.2, 0) is 15.1 Å². The molecule has 3 nitrogen and oxygen atoms in total. The van der Waals surface area contributed by atoms with Gasteiger partial charge in [-0.2, -0.15) is 0 Å². The quantitative estimate of drug-likeness (QED) is 0.806. The summed E-state index contributed by atoms with van der Waals surface area (Å²) in [5.41, 5.74) is -0.588. The van der Waals surface area contributed by atoms with E-state index in [1.807, 2.05) is 0 Å². The van der Waals surface area contributed by atoms with Crippen molar-refractivity contribution in [1.29, 1.82) is 0 Å². The van der Waals surface area contributed by atoms with Crippen molar-refractivity contribution in [1.82, 2.24) is 0 Å². The van der Waals surface area contributed by atoms with E-state index < -0.39 is 11.6 Å². The van der Waals surface area contributed by atoms with Gasteiger partial charge >= 0.3 is 5.97 Å². The molecule has 1 N–H and O–H groups in total. The third-order valence-corrected chi connectivity index (χ3v) is 2.43. The van der Waals surface area contributed by atoms with Crippen LogP contribution in [0.5, 0.6) is 0 Å². The highest BCUT2D eigenvalue weighted by Crippen LogP contribution is 2.25. The van der Waals surface area contributed by atoms with Gasteiger partial charge in [0.2, 0.25) is 0 Å². The van der Waals surface area contributed by atoms with E-state index in [0.29, 0.717) is 10.6 Å². The van der Waals surface area contributed by atoms with E-state index in [4.69, 9.17) is 11.6 Å². The largest absolute Gasteiger partial charge is 0.469 e. The molecule has 0 heterocycles. The fraction of sp³-hybridized carbons (Fsp3) is 0.364. The van der Waals surface area contributed by atoms with Gasteiger partial charge in [-0.15, -0.1) is 0 Å². The van der Waals surface area contributed by atoms with Gasteiger partial charge in [-0.3, -0.25) is 4.79 Å². The molecule has 0 aliphatic carbocycles. The lowest BCUT2D eigenvalue weighted by Crippen LogP contribution is -2.25. The molecule has 15 heavy (non-hydrogen) atoms. The Morgan fingerprint density at radius 1 is 1.47 bits per heavy atom. The van der Waals surface area contributed by atoms with Crippen LogP contribution in [0.25, 0.3) is 0 Å². The molecule has 0 unspecified atom stereocenters. The Morgan fingerprint density at radius 3 is 2.47 bits per heavy atom. The van der Waals surface area contributed by atoms with E-state index in [1.54, 1.807) is 31.2 Å². The summed E-state index contributed by atoms with van der Waals surface area (Å²) in [6.45, 7) is 1.56. The summed E-state index contributed by atoms with van der Waals surface area (Å²) in [6.07, 6.45) is -0.0782. The molecule has 4 heteroatoms. The molecule has 0 aliphatic heterocycles. The lowest BCUT2D eigenvalue weighted by Gasteiger charge is -2.22. The van der Waals surface area contributed by atoms with Gasteiger partial charge < -0.3 is 9.84 Å². The van der Waals surface area contributed by atoms with Crippen molar-refractivity contribution in [2.75, 3.05) is 7.11 Å². The number of carbonyl (C=O) groups excluding carboxylic acids is 1. The Hall–Kier alpha value is -1.06. The summed E-state index contributed by atoms with van der Waals surface area (Å²) in [6, 6.07) is 6.71. The minimum atomic E-state index is -1.22. The first-order valence-corrected chi connectivity index (χ1v) is 4.89. The first-order chi connectivity index (χ1) is 6.95. The average molecular weight is 229 g/mol. The number of halogens is 1. The first kappa shape index (κ1) is 12.0. The molecule has 1 aromatic rings. The van der Waals surface area contributed by atoms with Gasteiger partial charge in [-0.25, -0.2) is 0 Å². The predicted octanol–water partition coefficient (Wildman–Crippen LogP) is 2.11. The molecule has 82 valence electrons. The minimum absolute atomic E-state index is 0.0782. The second-order valence-electron chi connectivity index (χ2n) is 3.53. The maximum Gasteiger partial charge on any atom is 0.308 e. The zero-order chi connectivity index (χ0) is 11.5. The van der Waals surface area contributed by atoms with Gasteiger partial charge in [0.05, 0.1) is 19.1 Å². The zero-order valence-corrected chi connectivity index (χ0v) is 9.41. The number of methoxy groups -OCH3 is 1. The summed E-state index contributed by atoms with van der Waals surface area (Å²) in [5, 5.41) is 10.6. The molecule has 1 aromatic carbocycles. The van der Waals surface area contributed by atoms with Gasteiger partial charge in [0.1, 0.15) is 0 Å². The normalized spacial score (nSPS) is 14.4. The van der Waals surface area contributed by atoms with Crippen molar-refractivity contribution < 1.29 is 14.6 Å². The van der Waals surface area contributed by atoms with E-state index in [2.05, 4.69) is 4.74 Å². The second kappa shape index (κ2) is 4.64. The first-order valence-electron chi connectivity index (χ1n) is 4.51. The van der Waals surface area contributed by atoms with Crippen LogP contribution in [0.1, 0.15) is 18.9 Å². The number of hydrogen-bond acceptors (Lipinski definition) is 3. The number of carbonyl (C=O) groups is 1. The topological polar surface area (TPSA) is 46.5 Å². The van der Waals surface area contributed by atoms with E-state index >= 15 is 0 Å². The average Bonchev–Trinajstić information content (AvgIpc) is 2.17. The second-order valence-corrected chi connectivity index (χ2v) is 3.97. The lowest BCUT2D eigenvalue weighted by molar-refractivity contribution is -0.145. The molecule has 0 spiro atoms. The monoisotopic (exact) mass is 228 g/mol. The van der Waals surface area contributed by atoms with Crippen LogP contribution >= 0.6 is 11.6 Å². The van der Waals surface area contributed by atoms with Crippen LogP contribution in [0.4, 0.5) is 0 Å². The number of hydrogen-bond donors (Lipinski definition) is 1. The number of aliphatic hydroxyl groups is 1. The molecule has 0 aromatic heterocycles. The van der Waals surface area contributed by atoms with Crippen LogP contribution in [-0.4, -0.2) is 18.2 Å². The number of rotatable bonds is 3. The molecule has 0 saturated carbocycles. The lowest BCUT2D eigenvalue weighted by atomic mass is 9.93. The summed E-state index contributed by atoms with van der Waals surface area (Å²) in [4.78, 5) is 11.1. The van der Waals surface area contributed by atoms with Crippen LogP contribution < -0.4 is 0 Å². The maximum atomic E-state index is 11.1. The highest BCUT2D eigenvalue weighted by Gasteiger charge is 2.26. The Bertz CT molecular complexity index is 343. The van der Waals surface area contributed by atoms with Crippen LogP contribution in [0.15, 0.2) is 24.3 Å². The summed E-state index contributed by atoms with van der Waals surface area (Å²) >= 11 is 5.72. The van der Waals surface area contributed by atoms with Gasteiger partial charge in [-0.05, 0) is 24.6 Å². The third-order valence-electron chi connectivity index (χ3n) is 2.18. The third kappa shape index (κ3) is 3.22. The molecule has 0 fully saturated rings. The summed E-state index contributed by atoms with van der Waals surface area (Å²) in [7, 11) is 1.29. The molecule has 0 saturated heterocycles. The summed E-state index contributed by atoms with van der Waals surface area (Å²) in [5.74, 6) is -0.449. The number of ether oxygens (including phenoxy) is 1. The van der Waals surface area contributed by atoms with Crippen molar-refractivity contribution in [2.45, 2.75) is 18.9 Å². The van der Waals surface area contributed by atoms with Crippen molar-refractivity contribution in [3.8, 4) is 0 Å².